The molecule has 3 heteroatoms. The van der Waals surface area contributed by atoms with Gasteiger partial charge in [0, 0.05) is 6.61 Å². The van der Waals surface area contributed by atoms with E-state index in [1.165, 1.54) is 0 Å². The molecule has 0 aromatic rings. The minimum Gasteiger partial charge on any atom is -0.388 e. The summed E-state index contributed by atoms with van der Waals surface area (Å²) in [7, 11) is 0. The van der Waals surface area contributed by atoms with Gasteiger partial charge in [0.2, 0.25) is 0 Å². The lowest BCUT2D eigenvalue weighted by Gasteiger charge is -2.15. The Bertz CT molecular complexity index is 58.6. The molecule has 0 aromatic carbocycles. The van der Waals surface area contributed by atoms with Crippen molar-refractivity contribution in [3.05, 3.63) is 0 Å². The maximum atomic E-state index is 9.02. The molecule has 0 bridgehead atoms. The van der Waals surface area contributed by atoms with E-state index in [0.717, 1.165) is 0 Å². The second-order valence-corrected chi connectivity index (χ2v) is 2.45. The molecular weight excluding hydrogens is 118 g/mol. The molecule has 0 heterocycles. The van der Waals surface area contributed by atoms with Crippen LogP contribution in [0.25, 0.3) is 0 Å². The SMILES string of the molecule is CCOCC(C)(C)O.N. The smallest absolute Gasteiger partial charge is 0.0824 e. The Morgan fingerprint density at radius 3 is 2.00 bits per heavy atom. The molecule has 0 aliphatic carbocycles. The van der Waals surface area contributed by atoms with Crippen molar-refractivity contribution in [1.29, 1.82) is 0 Å². The number of rotatable bonds is 3. The van der Waals surface area contributed by atoms with Crippen LogP contribution in [0.4, 0.5) is 0 Å². The van der Waals surface area contributed by atoms with Gasteiger partial charge in [-0.2, -0.15) is 0 Å². The highest BCUT2D eigenvalue weighted by molar-refractivity contribution is 4.61. The lowest BCUT2D eigenvalue weighted by molar-refractivity contribution is -0.0169. The Balaban J connectivity index is 0. The van der Waals surface area contributed by atoms with Crippen molar-refractivity contribution in [2.45, 2.75) is 26.4 Å². The highest BCUT2D eigenvalue weighted by Gasteiger charge is 2.10. The summed E-state index contributed by atoms with van der Waals surface area (Å²) in [6.07, 6.45) is 0. The molecule has 0 fully saturated rings. The van der Waals surface area contributed by atoms with Crippen LogP contribution in [0.2, 0.25) is 0 Å². The van der Waals surface area contributed by atoms with E-state index in [2.05, 4.69) is 0 Å². The first kappa shape index (κ1) is 11.6. The lowest BCUT2D eigenvalue weighted by Crippen LogP contribution is -2.25. The first-order valence-electron chi connectivity index (χ1n) is 2.86. The molecule has 4 N–H and O–H groups in total. The zero-order valence-corrected chi connectivity index (χ0v) is 6.48. The van der Waals surface area contributed by atoms with Gasteiger partial charge in [0.15, 0.2) is 0 Å². The topological polar surface area (TPSA) is 64.5 Å². The Kier molecular flexibility index (Phi) is 6.12. The van der Waals surface area contributed by atoms with Gasteiger partial charge in [-0.15, -0.1) is 0 Å². The average Bonchev–Trinajstić information content (AvgIpc) is 1.59. The molecule has 0 amide bonds. The fourth-order valence-corrected chi connectivity index (χ4v) is 0.352. The van der Waals surface area contributed by atoms with E-state index in [-0.39, 0.29) is 6.15 Å². The highest BCUT2D eigenvalue weighted by atomic mass is 16.5. The number of aliphatic hydroxyl groups is 1. The van der Waals surface area contributed by atoms with Crippen molar-refractivity contribution < 1.29 is 9.84 Å². The minimum atomic E-state index is -0.671. The predicted octanol–water partition coefficient (Wildman–Crippen LogP) is 0.956. The van der Waals surface area contributed by atoms with Crippen LogP contribution in [-0.2, 0) is 4.74 Å². The second kappa shape index (κ2) is 4.73. The van der Waals surface area contributed by atoms with Gasteiger partial charge in [-0.25, -0.2) is 0 Å². The summed E-state index contributed by atoms with van der Waals surface area (Å²) in [5, 5.41) is 9.02. The third kappa shape index (κ3) is 11.4. The van der Waals surface area contributed by atoms with E-state index in [1.807, 2.05) is 6.92 Å². The van der Waals surface area contributed by atoms with Gasteiger partial charge in [0.05, 0.1) is 12.2 Å². The largest absolute Gasteiger partial charge is 0.388 e. The van der Waals surface area contributed by atoms with Crippen LogP contribution in [0.5, 0.6) is 0 Å². The molecule has 0 saturated heterocycles. The first-order valence-corrected chi connectivity index (χ1v) is 2.86. The molecule has 0 rings (SSSR count). The fourth-order valence-electron chi connectivity index (χ4n) is 0.352. The van der Waals surface area contributed by atoms with Crippen molar-refractivity contribution in [1.82, 2.24) is 6.15 Å². The molecule has 0 spiro atoms. The third-order valence-corrected chi connectivity index (χ3v) is 0.659. The van der Waals surface area contributed by atoms with Crippen LogP contribution in [-0.4, -0.2) is 23.9 Å². The highest BCUT2D eigenvalue weighted by Crippen LogP contribution is 1.99. The van der Waals surface area contributed by atoms with Crippen LogP contribution >= 0.6 is 0 Å². The van der Waals surface area contributed by atoms with E-state index in [9.17, 15) is 0 Å². The number of hydrogen-bond donors (Lipinski definition) is 2. The molecule has 0 atom stereocenters. The van der Waals surface area contributed by atoms with Crippen molar-refractivity contribution in [3.63, 3.8) is 0 Å². The van der Waals surface area contributed by atoms with Gasteiger partial charge >= 0.3 is 0 Å². The van der Waals surface area contributed by atoms with Gasteiger partial charge in [0.25, 0.3) is 0 Å². The molecule has 0 aliphatic rings. The van der Waals surface area contributed by atoms with E-state index in [4.69, 9.17) is 9.84 Å². The molecule has 0 saturated carbocycles. The maximum absolute atomic E-state index is 9.02. The molecule has 3 nitrogen and oxygen atoms in total. The summed E-state index contributed by atoms with van der Waals surface area (Å²) in [5.41, 5.74) is -0.671. The van der Waals surface area contributed by atoms with Gasteiger partial charge in [-0.3, -0.25) is 0 Å². The summed E-state index contributed by atoms with van der Waals surface area (Å²) < 4.78 is 4.95. The predicted molar refractivity (Wildman–Crippen MR) is 37.8 cm³/mol. The summed E-state index contributed by atoms with van der Waals surface area (Å²) in [4.78, 5) is 0. The van der Waals surface area contributed by atoms with Gasteiger partial charge in [-0.05, 0) is 20.8 Å². The molecule has 9 heavy (non-hydrogen) atoms. The molecule has 0 aromatic heterocycles. The standard InChI is InChI=1S/C6H14O2.H3N/c1-4-8-5-6(2,3)7;/h7H,4-5H2,1-3H3;1H3. The van der Waals surface area contributed by atoms with Crippen molar-refractivity contribution >= 4 is 0 Å². The minimum absolute atomic E-state index is 0. The molecule has 0 unspecified atom stereocenters. The van der Waals surface area contributed by atoms with Gasteiger partial charge < -0.3 is 16.0 Å². The summed E-state index contributed by atoms with van der Waals surface area (Å²) >= 11 is 0. The quantitative estimate of drug-likeness (QED) is 0.605. The van der Waals surface area contributed by atoms with Crippen molar-refractivity contribution in [2.75, 3.05) is 13.2 Å². The summed E-state index contributed by atoms with van der Waals surface area (Å²) in [6.45, 7) is 6.45. The van der Waals surface area contributed by atoms with E-state index >= 15 is 0 Å². The van der Waals surface area contributed by atoms with Crippen LogP contribution in [0.15, 0.2) is 0 Å². The fraction of sp³-hybridized carbons (Fsp3) is 1.00. The monoisotopic (exact) mass is 135 g/mol. The first-order chi connectivity index (χ1) is 3.56. The van der Waals surface area contributed by atoms with Gasteiger partial charge in [-0.1, -0.05) is 0 Å². The molecule has 0 aliphatic heterocycles. The van der Waals surface area contributed by atoms with Crippen LogP contribution in [0, 0.1) is 0 Å². The van der Waals surface area contributed by atoms with Gasteiger partial charge in [0.1, 0.15) is 0 Å². The second-order valence-electron chi connectivity index (χ2n) is 2.45. The van der Waals surface area contributed by atoms with Crippen LogP contribution in [0.1, 0.15) is 20.8 Å². The lowest BCUT2D eigenvalue weighted by atomic mass is 10.2. The Labute approximate surface area is 56.6 Å². The van der Waals surface area contributed by atoms with Crippen LogP contribution < -0.4 is 6.15 Å². The number of hydrogen-bond acceptors (Lipinski definition) is 3. The normalized spacial score (nSPS) is 10.7. The van der Waals surface area contributed by atoms with Crippen molar-refractivity contribution in [3.8, 4) is 0 Å². The molecular formula is C6H17NO2. The average molecular weight is 135 g/mol. The Morgan fingerprint density at radius 2 is 1.89 bits per heavy atom. The zero-order valence-electron chi connectivity index (χ0n) is 6.48. The van der Waals surface area contributed by atoms with E-state index in [1.54, 1.807) is 13.8 Å². The Hall–Kier alpha value is -0.120. The van der Waals surface area contributed by atoms with E-state index in [0.29, 0.717) is 13.2 Å². The third-order valence-electron chi connectivity index (χ3n) is 0.659. The van der Waals surface area contributed by atoms with E-state index < -0.39 is 5.60 Å². The summed E-state index contributed by atoms with van der Waals surface area (Å²) in [5.74, 6) is 0. The zero-order chi connectivity index (χ0) is 6.62. The van der Waals surface area contributed by atoms with Crippen molar-refractivity contribution in [2.24, 2.45) is 0 Å². The summed E-state index contributed by atoms with van der Waals surface area (Å²) in [6, 6.07) is 0. The van der Waals surface area contributed by atoms with Crippen LogP contribution in [0.3, 0.4) is 0 Å². The molecule has 58 valence electrons. The number of ether oxygens (including phenoxy) is 1. The maximum Gasteiger partial charge on any atom is 0.0824 e. The Morgan fingerprint density at radius 1 is 1.44 bits per heavy atom. The molecule has 0 radical (unpaired) electrons.